The predicted octanol–water partition coefficient (Wildman–Crippen LogP) is 4.73. The summed E-state index contributed by atoms with van der Waals surface area (Å²) in [4.78, 5) is 8.61. The molecule has 0 radical (unpaired) electrons. The molecule has 28 heavy (non-hydrogen) atoms. The van der Waals surface area contributed by atoms with Crippen molar-refractivity contribution >= 4 is 10.9 Å². The molecule has 142 valence electrons. The molecule has 0 atom stereocenters. The quantitative estimate of drug-likeness (QED) is 0.490. The minimum Gasteiger partial charge on any atom is -0.495 e. The van der Waals surface area contributed by atoms with Gasteiger partial charge in [0.2, 0.25) is 0 Å². The summed E-state index contributed by atoms with van der Waals surface area (Å²) in [6.45, 7) is 3.46. The number of rotatable bonds is 6. The number of methoxy groups -OCH3 is 2. The maximum absolute atomic E-state index is 5.34. The highest BCUT2D eigenvalue weighted by atomic mass is 16.5. The third-order valence-electron chi connectivity index (χ3n) is 4.89. The average Bonchev–Trinajstić information content (AvgIpc) is 3.10. The fourth-order valence-electron chi connectivity index (χ4n) is 3.51. The second kappa shape index (κ2) is 7.82. The van der Waals surface area contributed by atoms with Crippen LogP contribution < -0.4 is 4.74 Å². The molecule has 0 aliphatic rings. The van der Waals surface area contributed by atoms with E-state index in [0.29, 0.717) is 6.61 Å². The summed E-state index contributed by atoms with van der Waals surface area (Å²) in [5.41, 5.74) is 6.65. The molecule has 0 aliphatic carbocycles. The first kappa shape index (κ1) is 18.2. The Morgan fingerprint density at radius 2 is 1.82 bits per heavy atom. The van der Waals surface area contributed by atoms with Crippen molar-refractivity contribution in [2.24, 2.45) is 0 Å². The van der Waals surface area contributed by atoms with Crippen molar-refractivity contribution in [2.75, 3.05) is 20.8 Å². The van der Waals surface area contributed by atoms with Crippen LogP contribution in [0.2, 0.25) is 0 Å². The number of hydrogen-bond donors (Lipinski definition) is 0. The van der Waals surface area contributed by atoms with Gasteiger partial charge in [0, 0.05) is 59.5 Å². The zero-order valence-corrected chi connectivity index (χ0v) is 16.3. The Balaban J connectivity index is 1.85. The molecule has 0 amide bonds. The van der Waals surface area contributed by atoms with Crippen LogP contribution in [-0.4, -0.2) is 35.4 Å². The van der Waals surface area contributed by atoms with Crippen molar-refractivity contribution < 1.29 is 9.47 Å². The average molecular weight is 373 g/mol. The van der Waals surface area contributed by atoms with E-state index in [1.54, 1.807) is 20.4 Å². The summed E-state index contributed by atoms with van der Waals surface area (Å²) < 4.78 is 13.0. The van der Waals surface area contributed by atoms with Gasteiger partial charge >= 0.3 is 0 Å². The molecule has 0 saturated carbocycles. The Labute approximate surface area is 164 Å². The fraction of sp³-hybridized carbons (Fsp3) is 0.217. The Morgan fingerprint density at radius 3 is 2.61 bits per heavy atom. The molecular formula is C23H23N3O2. The van der Waals surface area contributed by atoms with Crippen LogP contribution in [0.5, 0.6) is 5.75 Å². The smallest absolute Gasteiger partial charge is 0.137 e. The minimum atomic E-state index is 0.655. The topological polar surface area (TPSA) is 49.2 Å². The van der Waals surface area contributed by atoms with E-state index >= 15 is 0 Å². The highest BCUT2D eigenvalue weighted by Gasteiger charge is 2.12. The SMILES string of the molecule is COCCn1c(-c2ccnc(C)c2)cc2cc(-c3cncc(OC)c3)ccc21. The number of aryl methyl sites for hydroxylation is 1. The van der Waals surface area contributed by atoms with Crippen LogP contribution in [-0.2, 0) is 11.3 Å². The van der Waals surface area contributed by atoms with E-state index < -0.39 is 0 Å². The van der Waals surface area contributed by atoms with Gasteiger partial charge in [0.05, 0.1) is 19.9 Å². The Hall–Kier alpha value is -3.18. The summed E-state index contributed by atoms with van der Waals surface area (Å²) in [6.07, 6.45) is 5.43. The lowest BCUT2D eigenvalue weighted by atomic mass is 10.1. The molecule has 0 aliphatic heterocycles. The fourth-order valence-corrected chi connectivity index (χ4v) is 3.51. The number of ether oxygens (including phenoxy) is 2. The summed E-state index contributed by atoms with van der Waals surface area (Å²) in [5.74, 6) is 0.753. The summed E-state index contributed by atoms with van der Waals surface area (Å²) in [6, 6.07) is 14.9. The van der Waals surface area contributed by atoms with Crippen LogP contribution >= 0.6 is 0 Å². The standard InChI is InChI=1S/C23H23N3O2/c1-16-10-18(6-7-25-16)23-13-19-11-17(20-12-21(28-3)15-24-14-20)4-5-22(19)26(23)8-9-27-2/h4-7,10-15H,8-9H2,1-3H3. The Kier molecular flexibility index (Phi) is 5.08. The third-order valence-corrected chi connectivity index (χ3v) is 4.89. The van der Waals surface area contributed by atoms with Gasteiger partial charge in [-0.1, -0.05) is 6.07 Å². The molecule has 5 heteroatoms. The molecule has 5 nitrogen and oxygen atoms in total. The first-order chi connectivity index (χ1) is 13.7. The first-order valence-electron chi connectivity index (χ1n) is 9.24. The number of nitrogens with zero attached hydrogens (tertiary/aromatic N) is 3. The normalized spacial score (nSPS) is 11.1. The van der Waals surface area contributed by atoms with Gasteiger partial charge in [-0.2, -0.15) is 0 Å². The van der Waals surface area contributed by atoms with Gasteiger partial charge in [-0.25, -0.2) is 0 Å². The van der Waals surface area contributed by atoms with Crippen molar-refractivity contribution in [2.45, 2.75) is 13.5 Å². The molecular weight excluding hydrogens is 350 g/mol. The van der Waals surface area contributed by atoms with Crippen molar-refractivity contribution in [3.8, 4) is 28.1 Å². The molecule has 4 aromatic rings. The Bertz CT molecular complexity index is 1120. The van der Waals surface area contributed by atoms with Gasteiger partial charge < -0.3 is 14.0 Å². The highest BCUT2D eigenvalue weighted by Crippen LogP contribution is 2.32. The van der Waals surface area contributed by atoms with E-state index in [9.17, 15) is 0 Å². The van der Waals surface area contributed by atoms with Crippen LogP contribution in [0.25, 0.3) is 33.3 Å². The molecule has 0 saturated heterocycles. The van der Waals surface area contributed by atoms with Gasteiger partial charge in [0.15, 0.2) is 0 Å². The van der Waals surface area contributed by atoms with E-state index in [2.05, 4.69) is 50.9 Å². The highest BCUT2D eigenvalue weighted by molar-refractivity contribution is 5.90. The maximum atomic E-state index is 5.34. The summed E-state index contributed by atoms with van der Waals surface area (Å²) >= 11 is 0. The van der Waals surface area contributed by atoms with Gasteiger partial charge in [-0.15, -0.1) is 0 Å². The number of aromatic nitrogens is 3. The molecule has 1 aromatic carbocycles. The van der Waals surface area contributed by atoms with E-state index in [0.717, 1.165) is 34.7 Å². The molecule has 0 N–H and O–H groups in total. The maximum Gasteiger partial charge on any atom is 0.137 e. The lowest BCUT2D eigenvalue weighted by molar-refractivity contribution is 0.189. The number of benzene rings is 1. The third kappa shape index (κ3) is 3.49. The zero-order chi connectivity index (χ0) is 19.5. The second-order valence-corrected chi connectivity index (χ2v) is 6.75. The van der Waals surface area contributed by atoms with Crippen molar-refractivity contribution in [3.63, 3.8) is 0 Å². The van der Waals surface area contributed by atoms with Crippen molar-refractivity contribution in [1.82, 2.24) is 14.5 Å². The van der Waals surface area contributed by atoms with Crippen molar-refractivity contribution in [1.29, 1.82) is 0 Å². The number of pyridine rings is 2. The minimum absolute atomic E-state index is 0.655. The van der Waals surface area contributed by atoms with Gasteiger partial charge in [-0.3, -0.25) is 9.97 Å². The second-order valence-electron chi connectivity index (χ2n) is 6.75. The van der Waals surface area contributed by atoms with Crippen LogP contribution in [0.3, 0.4) is 0 Å². The summed E-state index contributed by atoms with van der Waals surface area (Å²) in [7, 11) is 3.39. The zero-order valence-electron chi connectivity index (χ0n) is 16.3. The van der Waals surface area contributed by atoms with E-state index in [1.165, 1.54) is 16.6 Å². The van der Waals surface area contributed by atoms with E-state index in [-0.39, 0.29) is 0 Å². The lowest BCUT2D eigenvalue weighted by Crippen LogP contribution is -2.05. The predicted molar refractivity (Wildman–Crippen MR) is 112 cm³/mol. The molecule has 0 unspecified atom stereocenters. The molecule has 0 bridgehead atoms. The lowest BCUT2D eigenvalue weighted by Gasteiger charge is -2.11. The number of fused-ring (bicyclic) bond motifs is 1. The van der Waals surface area contributed by atoms with Crippen molar-refractivity contribution in [3.05, 3.63) is 66.7 Å². The van der Waals surface area contributed by atoms with Crippen LogP contribution in [0.4, 0.5) is 0 Å². The largest absolute Gasteiger partial charge is 0.495 e. The van der Waals surface area contributed by atoms with Crippen LogP contribution in [0.1, 0.15) is 5.69 Å². The number of hydrogen-bond acceptors (Lipinski definition) is 4. The van der Waals surface area contributed by atoms with E-state index in [4.69, 9.17) is 9.47 Å². The van der Waals surface area contributed by atoms with Gasteiger partial charge in [-0.05, 0) is 48.9 Å². The molecule has 3 aromatic heterocycles. The monoisotopic (exact) mass is 373 g/mol. The van der Waals surface area contributed by atoms with Crippen LogP contribution in [0, 0.1) is 6.92 Å². The van der Waals surface area contributed by atoms with Gasteiger partial charge in [0.25, 0.3) is 0 Å². The molecule has 4 rings (SSSR count). The van der Waals surface area contributed by atoms with E-state index in [1.807, 2.05) is 25.4 Å². The molecule has 0 spiro atoms. The molecule has 3 heterocycles. The molecule has 0 fully saturated rings. The Morgan fingerprint density at radius 1 is 0.929 bits per heavy atom. The van der Waals surface area contributed by atoms with Crippen LogP contribution in [0.15, 0.2) is 61.1 Å². The first-order valence-corrected chi connectivity index (χ1v) is 9.24. The van der Waals surface area contributed by atoms with Gasteiger partial charge in [0.1, 0.15) is 5.75 Å². The summed E-state index contributed by atoms with van der Waals surface area (Å²) in [5, 5.41) is 1.18.